The lowest BCUT2D eigenvalue weighted by Crippen LogP contribution is -2.09. The van der Waals surface area contributed by atoms with Crippen LogP contribution in [0.25, 0.3) is 0 Å². The van der Waals surface area contributed by atoms with E-state index in [1.165, 1.54) is 5.56 Å². The van der Waals surface area contributed by atoms with Gasteiger partial charge < -0.3 is 5.32 Å². The third-order valence-corrected chi connectivity index (χ3v) is 3.69. The van der Waals surface area contributed by atoms with Crippen LogP contribution in [0.3, 0.4) is 0 Å². The number of nitrogens with zero attached hydrogens (tertiary/aromatic N) is 2. The summed E-state index contributed by atoms with van der Waals surface area (Å²) in [6.45, 7) is 3.88. The number of carbonyl (C=O) groups excluding carboxylic acids is 1. The van der Waals surface area contributed by atoms with Gasteiger partial charge in [0.05, 0.1) is 0 Å². The first-order valence-electron chi connectivity index (χ1n) is 6.64. The first-order chi connectivity index (χ1) is 9.71. The van der Waals surface area contributed by atoms with Crippen LogP contribution in [0.15, 0.2) is 29.4 Å². The van der Waals surface area contributed by atoms with E-state index in [9.17, 15) is 4.79 Å². The summed E-state index contributed by atoms with van der Waals surface area (Å²) in [5.41, 5.74) is 2.00. The molecule has 6 heteroatoms. The van der Waals surface area contributed by atoms with Gasteiger partial charge in [-0.25, -0.2) is 4.98 Å². The van der Waals surface area contributed by atoms with E-state index in [1.807, 2.05) is 38.1 Å². The number of aromatic nitrogens is 3. The Labute approximate surface area is 122 Å². The van der Waals surface area contributed by atoms with E-state index >= 15 is 0 Å². The molecular formula is C14H18N4OS. The van der Waals surface area contributed by atoms with Crippen LogP contribution in [0.5, 0.6) is 0 Å². The van der Waals surface area contributed by atoms with Crippen molar-refractivity contribution in [2.24, 2.45) is 0 Å². The van der Waals surface area contributed by atoms with Gasteiger partial charge in [0.25, 0.3) is 0 Å². The molecule has 0 atom stereocenters. The fourth-order valence-corrected chi connectivity index (χ4v) is 2.36. The summed E-state index contributed by atoms with van der Waals surface area (Å²) < 4.78 is 0. The van der Waals surface area contributed by atoms with Crippen LogP contribution < -0.4 is 5.32 Å². The zero-order valence-electron chi connectivity index (χ0n) is 11.6. The van der Waals surface area contributed by atoms with E-state index in [0.29, 0.717) is 6.42 Å². The molecule has 0 radical (unpaired) electrons. The van der Waals surface area contributed by atoms with Gasteiger partial charge in [-0.15, -0.1) is 5.10 Å². The highest BCUT2D eigenvalue weighted by Gasteiger charge is 2.03. The highest BCUT2D eigenvalue weighted by atomic mass is 32.2. The highest BCUT2D eigenvalue weighted by Crippen LogP contribution is 2.20. The third-order valence-electron chi connectivity index (χ3n) is 2.77. The Morgan fingerprint density at radius 1 is 1.30 bits per heavy atom. The number of nitrogens with one attached hydrogen (secondary N) is 2. The lowest BCUT2D eigenvalue weighted by Gasteiger charge is -2.04. The summed E-state index contributed by atoms with van der Waals surface area (Å²) in [4.78, 5) is 15.6. The molecule has 0 unspecified atom stereocenters. The van der Waals surface area contributed by atoms with Gasteiger partial charge in [0.15, 0.2) is 0 Å². The maximum Gasteiger partial charge on any atom is 0.224 e. The smallest absolute Gasteiger partial charge is 0.224 e. The van der Waals surface area contributed by atoms with E-state index in [0.717, 1.165) is 28.8 Å². The maximum atomic E-state index is 11.3. The highest BCUT2D eigenvalue weighted by molar-refractivity contribution is 7.98. The molecule has 0 aliphatic rings. The Kier molecular flexibility index (Phi) is 5.17. The summed E-state index contributed by atoms with van der Waals surface area (Å²) in [5, 5.41) is 10.6. The molecule has 1 aromatic carbocycles. The van der Waals surface area contributed by atoms with Crippen LogP contribution in [0, 0.1) is 0 Å². The lowest BCUT2D eigenvalue weighted by molar-refractivity contribution is -0.115. The third kappa shape index (κ3) is 4.09. The van der Waals surface area contributed by atoms with Gasteiger partial charge in [-0.2, -0.15) is 0 Å². The number of rotatable bonds is 6. The van der Waals surface area contributed by atoms with Crippen LogP contribution in [-0.2, 0) is 17.0 Å². The normalized spacial score (nSPS) is 10.5. The van der Waals surface area contributed by atoms with Gasteiger partial charge >= 0.3 is 0 Å². The number of hydrogen-bond acceptors (Lipinski definition) is 4. The van der Waals surface area contributed by atoms with Crippen molar-refractivity contribution in [1.82, 2.24) is 15.2 Å². The van der Waals surface area contributed by atoms with Crippen molar-refractivity contribution in [2.45, 2.75) is 37.6 Å². The second-order valence-corrected chi connectivity index (χ2v) is 5.25. The zero-order chi connectivity index (χ0) is 14.4. The molecule has 0 aliphatic carbocycles. The minimum atomic E-state index is 0.0277. The molecule has 1 aromatic heterocycles. The largest absolute Gasteiger partial charge is 0.326 e. The van der Waals surface area contributed by atoms with E-state index in [2.05, 4.69) is 20.5 Å². The predicted octanol–water partition coefficient (Wildman–Crippen LogP) is 3.01. The number of aryl methyl sites for hydroxylation is 1. The monoisotopic (exact) mass is 290 g/mol. The van der Waals surface area contributed by atoms with Crippen molar-refractivity contribution in [1.29, 1.82) is 0 Å². The van der Waals surface area contributed by atoms with Crippen molar-refractivity contribution >= 4 is 23.4 Å². The van der Waals surface area contributed by atoms with Gasteiger partial charge in [0, 0.05) is 24.3 Å². The molecular weight excluding hydrogens is 272 g/mol. The molecule has 2 N–H and O–H groups in total. The number of H-pyrrole nitrogens is 1. The molecule has 0 bridgehead atoms. The average molecular weight is 290 g/mol. The van der Waals surface area contributed by atoms with Crippen molar-refractivity contribution in [3.05, 3.63) is 35.7 Å². The number of carbonyl (C=O) groups is 1. The van der Waals surface area contributed by atoms with Gasteiger partial charge in [0.1, 0.15) is 5.82 Å². The number of hydrogen-bond donors (Lipinski definition) is 2. The van der Waals surface area contributed by atoms with Crippen LogP contribution in [0.4, 0.5) is 5.69 Å². The standard InChI is InChI=1S/C14H18N4OS/c1-3-12-16-14(18-17-12)20-9-10-5-7-11(8-6-10)15-13(19)4-2/h5-8H,3-4,9H2,1-2H3,(H,15,19)(H,16,17,18). The van der Waals surface area contributed by atoms with E-state index in [1.54, 1.807) is 11.8 Å². The predicted molar refractivity (Wildman–Crippen MR) is 80.7 cm³/mol. The van der Waals surface area contributed by atoms with Gasteiger partial charge in [0.2, 0.25) is 11.1 Å². The fraction of sp³-hybridized carbons (Fsp3) is 0.357. The minimum absolute atomic E-state index is 0.0277. The Balaban J connectivity index is 1.88. The first-order valence-corrected chi connectivity index (χ1v) is 7.62. The zero-order valence-corrected chi connectivity index (χ0v) is 12.5. The molecule has 0 spiro atoms. The van der Waals surface area contributed by atoms with Crippen LogP contribution in [0.1, 0.15) is 31.7 Å². The summed E-state index contributed by atoms with van der Waals surface area (Å²) >= 11 is 1.59. The second kappa shape index (κ2) is 7.09. The Hall–Kier alpha value is -1.82. The first kappa shape index (κ1) is 14.6. The molecule has 5 nitrogen and oxygen atoms in total. The molecule has 0 aliphatic heterocycles. The topological polar surface area (TPSA) is 70.7 Å². The molecule has 20 heavy (non-hydrogen) atoms. The van der Waals surface area contributed by atoms with E-state index in [-0.39, 0.29) is 5.91 Å². The van der Waals surface area contributed by atoms with Gasteiger partial charge in [-0.1, -0.05) is 37.7 Å². The van der Waals surface area contributed by atoms with Crippen LogP contribution in [-0.4, -0.2) is 21.1 Å². The number of aromatic amines is 1. The molecule has 1 heterocycles. The molecule has 0 saturated heterocycles. The second-order valence-electron chi connectivity index (χ2n) is 4.31. The molecule has 106 valence electrons. The Morgan fingerprint density at radius 2 is 2.05 bits per heavy atom. The van der Waals surface area contributed by atoms with Crippen LogP contribution in [0.2, 0.25) is 0 Å². The number of anilines is 1. The summed E-state index contributed by atoms with van der Waals surface area (Å²) in [7, 11) is 0. The van der Waals surface area contributed by atoms with Crippen molar-refractivity contribution in [2.75, 3.05) is 5.32 Å². The van der Waals surface area contributed by atoms with Gasteiger partial charge in [-0.05, 0) is 17.7 Å². The van der Waals surface area contributed by atoms with Crippen molar-refractivity contribution < 1.29 is 4.79 Å². The summed E-state index contributed by atoms with van der Waals surface area (Å²) in [5.74, 6) is 1.74. The minimum Gasteiger partial charge on any atom is -0.326 e. The number of benzene rings is 1. The Bertz CT molecular complexity index is 565. The van der Waals surface area contributed by atoms with E-state index in [4.69, 9.17) is 0 Å². The van der Waals surface area contributed by atoms with Crippen molar-refractivity contribution in [3.63, 3.8) is 0 Å². The summed E-state index contributed by atoms with van der Waals surface area (Å²) in [6.07, 6.45) is 1.35. The molecule has 2 aromatic rings. The SMILES string of the molecule is CCC(=O)Nc1ccc(CSc2n[nH]c(CC)n2)cc1. The maximum absolute atomic E-state index is 11.3. The number of thioether (sulfide) groups is 1. The molecule has 2 rings (SSSR count). The van der Waals surface area contributed by atoms with E-state index < -0.39 is 0 Å². The van der Waals surface area contributed by atoms with Crippen molar-refractivity contribution in [3.8, 4) is 0 Å². The molecule has 1 amide bonds. The summed E-state index contributed by atoms with van der Waals surface area (Å²) in [6, 6.07) is 7.84. The van der Waals surface area contributed by atoms with Crippen LogP contribution >= 0.6 is 11.8 Å². The molecule has 0 fully saturated rings. The van der Waals surface area contributed by atoms with Gasteiger partial charge in [-0.3, -0.25) is 9.89 Å². The molecule has 0 saturated carbocycles. The Morgan fingerprint density at radius 3 is 2.65 bits per heavy atom. The fourth-order valence-electron chi connectivity index (χ4n) is 1.58. The quantitative estimate of drug-likeness (QED) is 0.802. The lowest BCUT2D eigenvalue weighted by atomic mass is 10.2. The average Bonchev–Trinajstić information content (AvgIpc) is 2.94. The number of amides is 1.